The monoisotopic (exact) mass is 288 g/mol. The molecule has 0 saturated heterocycles. The molecule has 0 nitrogen and oxygen atoms in total. The second-order valence-corrected chi connectivity index (χ2v) is 7.09. The van der Waals surface area contributed by atoms with Gasteiger partial charge in [-0.15, -0.1) is 5.73 Å². The van der Waals surface area contributed by atoms with Gasteiger partial charge in [0.2, 0.25) is 0 Å². The lowest BCUT2D eigenvalue weighted by Gasteiger charge is -2.19. The maximum absolute atomic E-state index is 3.34. The average molecular weight is 288 g/mol. The first kappa shape index (κ1) is 14.9. The zero-order valence-electron chi connectivity index (χ0n) is 14.0. The Bertz CT molecular complexity index is 757. The quantitative estimate of drug-likeness (QED) is 0.553. The predicted molar refractivity (Wildman–Crippen MR) is 95.6 cm³/mol. The molecule has 0 radical (unpaired) electrons. The molecule has 0 aromatic heterocycles. The van der Waals surface area contributed by atoms with E-state index in [9.17, 15) is 0 Å². The van der Waals surface area contributed by atoms with Crippen molar-refractivity contribution in [1.29, 1.82) is 0 Å². The van der Waals surface area contributed by atoms with Gasteiger partial charge in [-0.05, 0) is 77.7 Å². The van der Waals surface area contributed by atoms with Gasteiger partial charge < -0.3 is 0 Å². The first-order chi connectivity index (χ1) is 10.5. The summed E-state index contributed by atoms with van der Waals surface area (Å²) in [6.07, 6.45) is 11.4. The van der Waals surface area contributed by atoms with Crippen LogP contribution in [0.4, 0.5) is 0 Å². The molecule has 2 aliphatic carbocycles. The van der Waals surface area contributed by atoms with E-state index < -0.39 is 0 Å². The summed E-state index contributed by atoms with van der Waals surface area (Å²) in [4.78, 5) is 0. The minimum atomic E-state index is 0.218. The van der Waals surface area contributed by atoms with Crippen molar-refractivity contribution in [2.75, 3.05) is 0 Å². The van der Waals surface area contributed by atoms with Crippen LogP contribution in [0.3, 0.4) is 0 Å². The summed E-state index contributed by atoms with van der Waals surface area (Å²) in [6.45, 7) is 8.97. The van der Waals surface area contributed by atoms with Gasteiger partial charge in [0.15, 0.2) is 0 Å². The summed E-state index contributed by atoms with van der Waals surface area (Å²) in [5, 5.41) is 0. The van der Waals surface area contributed by atoms with Gasteiger partial charge in [-0.3, -0.25) is 0 Å². The van der Waals surface area contributed by atoms with E-state index in [4.69, 9.17) is 0 Å². The Labute approximate surface area is 134 Å². The van der Waals surface area contributed by atoms with E-state index in [0.717, 1.165) is 6.42 Å². The van der Waals surface area contributed by atoms with Gasteiger partial charge in [0.25, 0.3) is 0 Å². The number of hydrogen-bond donors (Lipinski definition) is 0. The molecule has 0 N–H and O–H groups in total. The molecule has 0 atom stereocenters. The number of allylic oxidation sites excluding steroid dienone is 7. The van der Waals surface area contributed by atoms with Crippen LogP contribution in [0, 0.1) is 5.41 Å². The summed E-state index contributed by atoms with van der Waals surface area (Å²) < 4.78 is 0. The van der Waals surface area contributed by atoms with E-state index in [-0.39, 0.29) is 5.41 Å². The van der Waals surface area contributed by atoms with Crippen molar-refractivity contribution >= 4 is 5.57 Å². The van der Waals surface area contributed by atoms with Crippen LogP contribution in [0.25, 0.3) is 5.57 Å². The van der Waals surface area contributed by atoms with E-state index in [1.54, 1.807) is 0 Å². The van der Waals surface area contributed by atoms with Crippen LogP contribution in [0.2, 0.25) is 0 Å². The average Bonchev–Trinajstić information content (AvgIpc) is 2.73. The number of aryl methyl sites for hydroxylation is 1. The number of hydrogen-bond acceptors (Lipinski definition) is 0. The first-order valence-corrected chi connectivity index (χ1v) is 8.10. The maximum Gasteiger partial charge on any atom is -0.00620 e. The van der Waals surface area contributed by atoms with Gasteiger partial charge in [0.1, 0.15) is 0 Å². The SMILES string of the molecule is CC1=C=CC=C(C2=CC(C)(C)CCc3ccccc32)C=C1C. The Morgan fingerprint density at radius 3 is 2.68 bits per heavy atom. The molecule has 0 spiro atoms. The molecular formula is C22H24. The van der Waals surface area contributed by atoms with E-state index in [1.165, 1.54) is 39.8 Å². The molecule has 2 aliphatic rings. The Kier molecular flexibility index (Phi) is 3.81. The molecule has 0 amide bonds. The van der Waals surface area contributed by atoms with Crippen molar-refractivity contribution in [3.05, 3.63) is 82.1 Å². The Morgan fingerprint density at radius 2 is 1.86 bits per heavy atom. The first-order valence-electron chi connectivity index (χ1n) is 8.10. The predicted octanol–water partition coefficient (Wildman–Crippen LogP) is 6.03. The zero-order chi connectivity index (χ0) is 15.7. The smallest absolute Gasteiger partial charge is 0.00620 e. The molecule has 0 heterocycles. The number of fused-ring (bicyclic) bond motifs is 1. The second-order valence-electron chi connectivity index (χ2n) is 7.09. The standard InChI is InChI=1S/C22H24/c1-16-8-7-10-19(14-17(16)2)21-15-22(3,4)13-12-18-9-5-6-11-20(18)21/h5-7,9-11,14-15H,12-13H2,1-4H3. The molecule has 112 valence electrons. The van der Waals surface area contributed by atoms with Crippen molar-refractivity contribution in [1.82, 2.24) is 0 Å². The Hall–Kier alpha value is -2.04. The van der Waals surface area contributed by atoms with Gasteiger partial charge in [-0.25, -0.2) is 0 Å². The van der Waals surface area contributed by atoms with Crippen LogP contribution in [-0.4, -0.2) is 0 Å². The Morgan fingerprint density at radius 1 is 1.09 bits per heavy atom. The third-order valence-corrected chi connectivity index (χ3v) is 4.72. The largest absolute Gasteiger partial charge is 0.117 e. The summed E-state index contributed by atoms with van der Waals surface area (Å²) in [6, 6.07) is 8.85. The molecule has 1 aromatic rings. The normalized spacial score (nSPS) is 20.0. The Balaban J connectivity index is 2.18. The topological polar surface area (TPSA) is 0 Å². The fourth-order valence-corrected chi connectivity index (χ4v) is 3.16. The molecule has 0 unspecified atom stereocenters. The maximum atomic E-state index is 3.34. The number of benzene rings is 1. The molecular weight excluding hydrogens is 264 g/mol. The van der Waals surface area contributed by atoms with Crippen molar-refractivity contribution in [2.45, 2.75) is 40.5 Å². The van der Waals surface area contributed by atoms with Crippen molar-refractivity contribution in [3.63, 3.8) is 0 Å². The highest BCUT2D eigenvalue weighted by molar-refractivity contribution is 5.85. The molecule has 0 fully saturated rings. The highest BCUT2D eigenvalue weighted by Gasteiger charge is 2.23. The summed E-state index contributed by atoms with van der Waals surface area (Å²) in [5.74, 6) is 0. The molecule has 3 rings (SSSR count). The molecule has 0 bridgehead atoms. The number of rotatable bonds is 1. The van der Waals surface area contributed by atoms with Crippen LogP contribution >= 0.6 is 0 Å². The van der Waals surface area contributed by atoms with E-state index in [1.807, 2.05) is 0 Å². The van der Waals surface area contributed by atoms with Gasteiger partial charge in [-0.1, -0.05) is 50.3 Å². The van der Waals surface area contributed by atoms with Crippen molar-refractivity contribution < 1.29 is 0 Å². The van der Waals surface area contributed by atoms with Gasteiger partial charge in [0, 0.05) is 0 Å². The molecule has 0 heteroatoms. The van der Waals surface area contributed by atoms with Gasteiger partial charge in [-0.2, -0.15) is 0 Å². The van der Waals surface area contributed by atoms with Crippen LogP contribution in [0.5, 0.6) is 0 Å². The minimum Gasteiger partial charge on any atom is -0.117 e. The van der Waals surface area contributed by atoms with Crippen LogP contribution in [0.1, 0.15) is 45.2 Å². The lowest BCUT2D eigenvalue weighted by molar-refractivity contribution is 0.442. The summed E-state index contributed by atoms with van der Waals surface area (Å²) >= 11 is 0. The summed E-state index contributed by atoms with van der Waals surface area (Å²) in [7, 11) is 0. The van der Waals surface area contributed by atoms with E-state index >= 15 is 0 Å². The van der Waals surface area contributed by atoms with E-state index in [0.29, 0.717) is 0 Å². The third-order valence-electron chi connectivity index (χ3n) is 4.72. The van der Waals surface area contributed by atoms with Crippen molar-refractivity contribution in [3.8, 4) is 0 Å². The molecule has 22 heavy (non-hydrogen) atoms. The van der Waals surface area contributed by atoms with Gasteiger partial charge >= 0.3 is 0 Å². The summed E-state index contributed by atoms with van der Waals surface area (Å²) in [5.41, 5.74) is 11.6. The lowest BCUT2D eigenvalue weighted by Crippen LogP contribution is -2.07. The van der Waals surface area contributed by atoms with Gasteiger partial charge in [0.05, 0.1) is 0 Å². The van der Waals surface area contributed by atoms with Crippen LogP contribution in [0.15, 0.2) is 71.0 Å². The lowest BCUT2D eigenvalue weighted by atomic mass is 9.85. The molecule has 0 aliphatic heterocycles. The van der Waals surface area contributed by atoms with Crippen LogP contribution in [-0.2, 0) is 6.42 Å². The third kappa shape index (κ3) is 2.93. The second kappa shape index (κ2) is 5.63. The highest BCUT2D eigenvalue weighted by atomic mass is 14.3. The molecule has 0 saturated carbocycles. The van der Waals surface area contributed by atoms with Crippen LogP contribution < -0.4 is 0 Å². The molecule has 1 aromatic carbocycles. The zero-order valence-corrected chi connectivity index (χ0v) is 14.0. The highest BCUT2D eigenvalue weighted by Crippen LogP contribution is 2.39. The fourth-order valence-electron chi connectivity index (χ4n) is 3.16. The minimum absolute atomic E-state index is 0.218. The van der Waals surface area contributed by atoms with Crippen molar-refractivity contribution in [2.24, 2.45) is 5.41 Å². The van der Waals surface area contributed by atoms with E-state index in [2.05, 4.69) is 82.0 Å². The fraction of sp³-hybridized carbons (Fsp3) is 0.318.